The Morgan fingerprint density at radius 1 is 0.963 bits per heavy atom. The lowest BCUT2D eigenvalue weighted by atomic mass is 9.43. The SMILES string of the molecule is CCCC(C)[C@H]1CC[C@H]2[C@@H]3[C@H](O)C[C@@H]4C[C@H](O)CC[C@]4(C)[C@H]3C[C@H](O)[C@]12C. The zero-order chi connectivity index (χ0) is 19.6. The van der Waals surface area contributed by atoms with Gasteiger partial charge in [0, 0.05) is 0 Å². The van der Waals surface area contributed by atoms with Crippen molar-refractivity contribution in [3.05, 3.63) is 0 Å². The van der Waals surface area contributed by atoms with Crippen molar-refractivity contribution in [1.82, 2.24) is 0 Å². The Labute approximate surface area is 165 Å². The van der Waals surface area contributed by atoms with Gasteiger partial charge in [-0.3, -0.25) is 0 Å². The van der Waals surface area contributed by atoms with Crippen LogP contribution in [0, 0.1) is 46.3 Å². The van der Waals surface area contributed by atoms with E-state index in [1.54, 1.807) is 0 Å². The summed E-state index contributed by atoms with van der Waals surface area (Å²) in [6.45, 7) is 9.42. The second-order valence-corrected chi connectivity index (χ2v) is 11.3. The maximum atomic E-state index is 11.5. The fourth-order valence-corrected chi connectivity index (χ4v) is 8.79. The van der Waals surface area contributed by atoms with Crippen molar-refractivity contribution in [2.45, 2.75) is 104 Å². The van der Waals surface area contributed by atoms with Crippen LogP contribution in [0.2, 0.25) is 0 Å². The van der Waals surface area contributed by atoms with E-state index in [1.165, 1.54) is 25.7 Å². The molecule has 0 aliphatic heterocycles. The fourth-order valence-electron chi connectivity index (χ4n) is 8.79. The molecule has 27 heavy (non-hydrogen) atoms. The summed E-state index contributed by atoms with van der Waals surface area (Å²) in [4.78, 5) is 0. The van der Waals surface area contributed by atoms with Gasteiger partial charge in [-0.2, -0.15) is 0 Å². The van der Waals surface area contributed by atoms with E-state index in [9.17, 15) is 15.3 Å². The molecule has 0 aromatic rings. The van der Waals surface area contributed by atoms with Gasteiger partial charge in [0.05, 0.1) is 18.3 Å². The quantitative estimate of drug-likeness (QED) is 0.683. The monoisotopic (exact) mass is 378 g/mol. The third-order valence-corrected chi connectivity index (χ3v) is 10.3. The summed E-state index contributed by atoms with van der Waals surface area (Å²) in [7, 11) is 0. The number of aliphatic hydroxyl groups excluding tert-OH is 3. The minimum absolute atomic E-state index is 0.0336. The minimum Gasteiger partial charge on any atom is -0.393 e. The van der Waals surface area contributed by atoms with Gasteiger partial charge in [0.2, 0.25) is 0 Å². The Bertz CT molecular complexity index is 550. The molecule has 0 saturated heterocycles. The molecule has 3 heteroatoms. The molecule has 3 N–H and O–H groups in total. The van der Waals surface area contributed by atoms with Crippen LogP contribution in [-0.4, -0.2) is 33.6 Å². The molecular formula is C24H42O3. The molecule has 0 heterocycles. The normalized spacial score (nSPS) is 56.1. The second-order valence-electron chi connectivity index (χ2n) is 11.3. The van der Waals surface area contributed by atoms with Gasteiger partial charge in [-0.05, 0) is 91.3 Å². The topological polar surface area (TPSA) is 60.7 Å². The highest BCUT2D eigenvalue weighted by atomic mass is 16.3. The molecule has 156 valence electrons. The van der Waals surface area contributed by atoms with Crippen LogP contribution in [0.25, 0.3) is 0 Å². The first-order valence-corrected chi connectivity index (χ1v) is 11.8. The molecule has 11 atom stereocenters. The highest BCUT2D eigenvalue weighted by molar-refractivity contribution is 5.14. The summed E-state index contributed by atoms with van der Waals surface area (Å²) in [5.74, 6) is 2.86. The number of hydrogen-bond acceptors (Lipinski definition) is 3. The van der Waals surface area contributed by atoms with Crippen molar-refractivity contribution in [3.63, 3.8) is 0 Å². The highest BCUT2D eigenvalue weighted by Gasteiger charge is 2.65. The third-order valence-electron chi connectivity index (χ3n) is 10.3. The van der Waals surface area contributed by atoms with Crippen molar-refractivity contribution in [1.29, 1.82) is 0 Å². The number of aliphatic hydroxyl groups is 3. The van der Waals surface area contributed by atoms with E-state index in [0.29, 0.717) is 35.5 Å². The molecule has 0 spiro atoms. The van der Waals surface area contributed by atoms with E-state index in [2.05, 4.69) is 27.7 Å². The van der Waals surface area contributed by atoms with Gasteiger partial charge in [-0.25, -0.2) is 0 Å². The molecule has 0 aromatic carbocycles. The maximum absolute atomic E-state index is 11.5. The molecular weight excluding hydrogens is 336 g/mol. The van der Waals surface area contributed by atoms with Crippen molar-refractivity contribution in [2.75, 3.05) is 0 Å². The predicted molar refractivity (Wildman–Crippen MR) is 108 cm³/mol. The first-order valence-electron chi connectivity index (χ1n) is 11.8. The molecule has 0 amide bonds. The van der Waals surface area contributed by atoms with Gasteiger partial charge in [0.1, 0.15) is 0 Å². The summed E-state index contributed by atoms with van der Waals surface area (Å²) in [5, 5.41) is 32.9. The van der Waals surface area contributed by atoms with Crippen LogP contribution in [-0.2, 0) is 0 Å². The molecule has 4 aliphatic carbocycles. The third kappa shape index (κ3) is 2.86. The van der Waals surface area contributed by atoms with Crippen LogP contribution in [0.1, 0.15) is 85.5 Å². The summed E-state index contributed by atoms with van der Waals surface area (Å²) < 4.78 is 0. The number of hydrogen-bond donors (Lipinski definition) is 3. The number of fused-ring (bicyclic) bond motifs is 5. The van der Waals surface area contributed by atoms with Gasteiger partial charge in [-0.1, -0.05) is 40.5 Å². The van der Waals surface area contributed by atoms with Gasteiger partial charge < -0.3 is 15.3 Å². The average Bonchev–Trinajstić information content (AvgIpc) is 2.96. The lowest BCUT2D eigenvalue weighted by Crippen LogP contribution is -2.62. The Kier molecular flexibility index (Phi) is 5.22. The largest absolute Gasteiger partial charge is 0.393 e. The Morgan fingerprint density at radius 3 is 2.41 bits per heavy atom. The van der Waals surface area contributed by atoms with E-state index >= 15 is 0 Å². The maximum Gasteiger partial charge on any atom is 0.0602 e. The molecule has 0 radical (unpaired) electrons. The van der Waals surface area contributed by atoms with Crippen LogP contribution < -0.4 is 0 Å². The van der Waals surface area contributed by atoms with Gasteiger partial charge in [-0.15, -0.1) is 0 Å². The minimum atomic E-state index is -0.254. The van der Waals surface area contributed by atoms with E-state index in [0.717, 1.165) is 32.1 Å². The van der Waals surface area contributed by atoms with E-state index in [4.69, 9.17) is 0 Å². The zero-order valence-corrected chi connectivity index (χ0v) is 17.9. The van der Waals surface area contributed by atoms with Crippen molar-refractivity contribution >= 4 is 0 Å². The molecule has 4 rings (SSSR count). The summed E-state index contributed by atoms with van der Waals surface area (Å²) >= 11 is 0. The molecule has 0 bridgehead atoms. The van der Waals surface area contributed by atoms with Crippen LogP contribution >= 0.6 is 0 Å². The average molecular weight is 379 g/mol. The van der Waals surface area contributed by atoms with E-state index in [-0.39, 0.29) is 29.1 Å². The van der Waals surface area contributed by atoms with Gasteiger partial charge in [0.15, 0.2) is 0 Å². The summed E-state index contributed by atoms with van der Waals surface area (Å²) in [6.07, 6.45) is 8.64. The molecule has 3 nitrogen and oxygen atoms in total. The van der Waals surface area contributed by atoms with Crippen LogP contribution in [0.5, 0.6) is 0 Å². The van der Waals surface area contributed by atoms with Crippen molar-refractivity contribution < 1.29 is 15.3 Å². The Balaban J connectivity index is 1.66. The van der Waals surface area contributed by atoms with Crippen LogP contribution in [0.3, 0.4) is 0 Å². The van der Waals surface area contributed by atoms with Gasteiger partial charge in [0.25, 0.3) is 0 Å². The lowest BCUT2D eigenvalue weighted by molar-refractivity contribution is -0.207. The second kappa shape index (κ2) is 6.99. The summed E-state index contributed by atoms with van der Waals surface area (Å²) in [5.41, 5.74) is 0.146. The smallest absolute Gasteiger partial charge is 0.0602 e. The van der Waals surface area contributed by atoms with Gasteiger partial charge >= 0.3 is 0 Å². The van der Waals surface area contributed by atoms with E-state index in [1.807, 2.05) is 0 Å². The lowest BCUT2D eigenvalue weighted by Gasteiger charge is -2.63. The Morgan fingerprint density at radius 2 is 1.70 bits per heavy atom. The first kappa shape index (κ1) is 20.2. The highest BCUT2D eigenvalue weighted by Crippen LogP contribution is 2.68. The fraction of sp³-hybridized carbons (Fsp3) is 1.00. The van der Waals surface area contributed by atoms with Crippen molar-refractivity contribution in [2.24, 2.45) is 46.3 Å². The number of rotatable bonds is 3. The summed E-state index contributed by atoms with van der Waals surface area (Å²) in [6, 6.07) is 0. The predicted octanol–water partition coefficient (Wildman–Crippen LogP) is 4.38. The molecule has 1 unspecified atom stereocenters. The van der Waals surface area contributed by atoms with Crippen LogP contribution in [0.4, 0.5) is 0 Å². The van der Waals surface area contributed by atoms with Crippen LogP contribution in [0.15, 0.2) is 0 Å². The standard InChI is InChI=1S/C24H42O3/c1-5-6-14(2)17-7-8-18-22-19(13-21(27)24(17,18)4)23(3)10-9-16(25)11-15(23)12-20(22)26/h14-22,25-27H,5-13H2,1-4H3/t14?,15-,16+,17+,18-,19-,20+,21-,22-,23-,24+/m0/s1. The molecule has 4 aliphatic rings. The van der Waals surface area contributed by atoms with E-state index < -0.39 is 0 Å². The Hall–Kier alpha value is -0.120. The zero-order valence-electron chi connectivity index (χ0n) is 17.9. The molecule has 0 aromatic heterocycles. The first-order chi connectivity index (χ1) is 12.7. The molecule has 4 saturated carbocycles. The molecule has 4 fully saturated rings. The van der Waals surface area contributed by atoms with Crippen molar-refractivity contribution in [3.8, 4) is 0 Å².